The summed E-state index contributed by atoms with van der Waals surface area (Å²) in [7, 11) is 0. The van der Waals surface area contributed by atoms with E-state index in [0.29, 0.717) is 29.7 Å². The molecule has 0 aliphatic carbocycles. The molecular formula is C19H16ClN3O2. The quantitative estimate of drug-likeness (QED) is 0.707. The van der Waals surface area contributed by atoms with Crippen LogP contribution >= 0.6 is 11.6 Å². The Labute approximate surface area is 150 Å². The van der Waals surface area contributed by atoms with E-state index in [1.807, 2.05) is 43.3 Å². The van der Waals surface area contributed by atoms with E-state index in [1.54, 1.807) is 17.0 Å². The van der Waals surface area contributed by atoms with Crippen molar-refractivity contribution in [3.8, 4) is 11.5 Å². The van der Waals surface area contributed by atoms with E-state index < -0.39 is 0 Å². The van der Waals surface area contributed by atoms with Crippen LogP contribution in [0.1, 0.15) is 23.7 Å². The molecule has 0 bridgehead atoms. The number of nitrogens with zero attached hydrogens (tertiary/aromatic N) is 3. The van der Waals surface area contributed by atoms with Crippen LogP contribution in [0.15, 0.2) is 53.1 Å². The van der Waals surface area contributed by atoms with Gasteiger partial charge in [0.2, 0.25) is 5.91 Å². The number of aryl methyl sites for hydroxylation is 1. The van der Waals surface area contributed by atoms with Gasteiger partial charge in [-0.2, -0.15) is 4.98 Å². The minimum Gasteiger partial charge on any atom is -0.334 e. The van der Waals surface area contributed by atoms with E-state index in [2.05, 4.69) is 10.1 Å². The molecule has 0 unspecified atom stereocenters. The molecule has 1 saturated heterocycles. The number of carbonyl (C=O) groups excluding carboxylic acids is 1. The number of halogens is 1. The molecule has 126 valence electrons. The third-order valence-electron chi connectivity index (χ3n) is 4.37. The van der Waals surface area contributed by atoms with Gasteiger partial charge in [0, 0.05) is 35.2 Å². The van der Waals surface area contributed by atoms with Crippen molar-refractivity contribution in [2.75, 3.05) is 11.4 Å². The number of hydrogen-bond donors (Lipinski definition) is 0. The fourth-order valence-corrected chi connectivity index (χ4v) is 3.09. The van der Waals surface area contributed by atoms with Crippen molar-refractivity contribution in [3.63, 3.8) is 0 Å². The third kappa shape index (κ3) is 3.15. The second kappa shape index (κ2) is 6.33. The summed E-state index contributed by atoms with van der Waals surface area (Å²) in [5.74, 6) is 1.02. The lowest BCUT2D eigenvalue weighted by molar-refractivity contribution is -0.117. The monoisotopic (exact) mass is 353 g/mol. The highest BCUT2D eigenvalue weighted by molar-refractivity contribution is 6.30. The summed E-state index contributed by atoms with van der Waals surface area (Å²) in [5, 5.41) is 4.73. The van der Waals surface area contributed by atoms with Gasteiger partial charge < -0.3 is 9.42 Å². The molecule has 2 aromatic carbocycles. The van der Waals surface area contributed by atoms with Gasteiger partial charge in [-0.25, -0.2) is 0 Å². The number of carbonyl (C=O) groups is 1. The van der Waals surface area contributed by atoms with Gasteiger partial charge in [0.1, 0.15) is 0 Å². The second-order valence-corrected chi connectivity index (χ2v) is 6.64. The molecular weight excluding hydrogens is 338 g/mol. The van der Waals surface area contributed by atoms with Gasteiger partial charge >= 0.3 is 0 Å². The summed E-state index contributed by atoms with van der Waals surface area (Å²) in [6.07, 6.45) is 0.371. The van der Waals surface area contributed by atoms with Gasteiger partial charge in [0.15, 0.2) is 5.82 Å². The lowest BCUT2D eigenvalue weighted by Crippen LogP contribution is -2.24. The standard InChI is InChI=1S/C19H16ClN3O2/c1-12-2-4-13(5-3-12)19-21-18(22-25-19)14-10-17(24)23(11-14)16-8-6-15(20)7-9-16/h2-9,14H,10-11H2,1H3/t14-/m0/s1. The Hall–Kier alpha value is -2.66. The van der Waals surface area contributed by atoms with Crippen LogP contribution in [0.25, 0.3) is 11.5 Å². The molecule has 6 heteroatoms. The SMILES string of the molecule is Cc1ccc(-c2nc([C@H]3CC(=O)N(c4ccc(Cl)cc4)C3)no2)cc1. The van der Waals surface area contributed by atoms with Crippen molar-refractivity contribution in [2.45, 2.75) is 19.3 Å². The second-order valence-electron chi connectivity index (χ2n) is 6.21. The molecule has 0 spiro atoms. The fourth-order valence-electron chi connectivity index (χ4n) is 2.97. The Bertz CT molecular complexity index is 903. The van der Waals surface area contributed by atoms with Crippen molar-refractivity contribution in [1.29, 1.82) is 0 Å². The third-order valence-corrected chi connectivity index (χ3v) is 4.62. The Morgan fingerprint density at radius 2 is 1.84 bits per heavy atom. The minimum atomic E-state index is -0.0777. The van der Waals surface area contributed by atoms with Crippen molar-refractivity contribution in [3.05, 3.63) is 64.9 Å². The molecule has 1 amide bonds. The molecule has 1 aliphatic rings. The average Bonchev–Trinajstić information content (AvgIpc) is 3.23. The first-order valence-corrected chi connectivity index (χ1v) is 8.44. The van der Waals surface area contributed by atoms with Gasteiger partial charge in [-0.3, -0.25) is 4.79 Å². The predicted octanol–water partition coefficient (Wildman–Crippen LogP) is 4.22. The maximum atomic E-state index is 12.4. The molecule has 0 saturated carbocycles. The lowest BCUT2D eigenvalue weighted by Gasteiger charge is -2.16. The van der Waals surface area contributed by atoms with E-state index in [9.17, 15) is 4.79 Å². The van der Waals surface area contributed by atoms with E-state index in [-0.39, 0.29) is 11.8 Å². The van der Waals surface area contributed by atoms with Crippen molar-refractivity contribution in [1.82, 2.24) is 10.1 Å². The summed E-state index contributed by atoms with van der Waals surface area (Å²) in [6, 6.07) is 15.1. The number of aromatic nitrogens is 2. The largest absolute Gasteiger partial charge is 0.334 e. The van der Waals surface area contributed by atoms with Gasteiger partial charge in [-0.1, -0.05) is 34.5 Å². The molecule has 2 heterocycles. The number of anilines is 1. The van der Waals surface area contributed by atoms with Gasteiger partial charge in [-0.15, -0.1) is 0 Å². The van der Waals surface area contributed by atoms with E-state index in [1.165, 1.54) is 5.56 Å². The molecule has 1 fully saturated rings. The minimum absolute atomic E-state index is 0.0500. The maximum absolute atomic E-state index is 12.4. The van der Waals surface area contributed by atoms with Crippen LogP contribution < -0.4 is 4.90 Å². The van der Waals surface area contributed by atoms with Crippen LogP contribution in [0, 0.1) is 6.92 Å². The van der Waals surface area contributed by atoms with Gasteiger partial charge in [0.05, 0.1) is 0 Å². The highest BCUT2D eigenvalue weighted by atomic mass is 35.5. The zero-order valence-electron chi connectivity index (χ0n) is 13.6. The smallest absolute Gasteiger partial charge is 0.257 e. The van der Waals surface area contributed by atoms with E-state index >= 15 is 0 Å². The maximum Gasteiger partial charge on any atom is 0.257 e. The summed E-state index contributed by atoms with van der Waals surface area (Å²) in [5.41, 5.74) is 2.88. The normalized spacial score (nSPS) is 17.3. The fraction of sp³-hybridized carbons (Fsp3) is 0.211. The Balaban J connectivity index is 1.54. The number of hydrogen-bond acceptors (Lipinski definition) is 4. The van der Waals surface area contributed by atoms with Gasteiger partial charge in [-0.05, 0) is 43.3 Å². The lowest BCUT2D eigenvalue weighted by atomic mass is 10.1. The number of benzene rings is 2. The topological polar surface area (TPSA) is 59.2 Å². The van der Waals surface area contributed by atoms with Crippen LogP contribution in [0.3, 0.4) is 0 Å². The summed E-state index contributed by atoms with van der Waals surface area (Å²) >= 11 is 5.91. The Kier molecular flexibility index (Phi) is 4.01. The molecule has 25 heavy (non-hydrogen) atoms. The van der Waals surface area contributed by atoms with E-state index in [4.69, 9.17) is 16.1 Å². The van der Waals surface area contributed by atoms with Crippen LogP contribution in [-0.4, -0.2) is 22.6 Å². The molecule has 4 rings (SSSR count). The van der Waals surface area contributed by atoms with Crippen LogP contribution in [-0.2, 0) is 4.79 Å². The van der Waals surface area contributed by atoms with Crippen LogP contribution in [0.4, 0.5) is 5.69 Å². The molecule has 0 radical (unpaired) electrons. The van der Waals surface area contributed by atoms with E-state index in [0.717, 1.165) is 11.3 Å². The first-order chi connectivity index (χ1) is 12.1. The van der Waals surface area contributed by atoms with Crippen molar-refractivity contribution in [2.24, 2.45) is 0 Å². The van der Waals surface area contributed by atoms with Crippen molar-refractivity contribution >= 4 is 23.2 Å². The van der Waals surface area contributed by atoms with Gasteiger partial charge in [0.25, 0.3) is 5.89 Å². The molecule has 3 aromatic rings. The molecule has 1 atom stereocenters. The first-order valence-electron chi connectivity index (χ1n) is 8.07. The summed E-state index contributed by atoms with van der Waals surface area (Å²) < 4.78 is 5.39. The predicted molar refractivity (Wildman–Crippen MR) is 95.6 cm³/mol. The van der Waals surface area contributed by atoms with Crippen LogP contribution in [0.2, 0.25) is 5.02 Å². The zero-order valence-corrected chi connectivity index (χ0v) is 14.4. The Morgan fingerprint density at radius 3 is 2.56 bits per heavy atom. The average molecular weight is 354 g/mol. The summed E-state index contributed by atoms with van der Waals surface area (Å²) in [4.78, 5) is 18.6. The number of rotatable bonds is 3. The highest BCUT2D eigenvalue weighted by Gasteiger charge is 2.34. The van der Waals surface area contributed by atoms with Crippen LogP contribution in [0.5, 0.6) is 0 Å². The van der Waals surface area contributed by atoms with Crippen molar-refractivity contribution < 1.29 is 9.32 Å². The first kappa shape index (κ1) is 15.8. The Morgan fingerprint density at radius 1 is 1.12 bits per heavy atom. The molecule has 5 nitrogen and oxygen atoms in total. The molecule has 1 aliphatic heterocycles. The zero-order chi connectivity index (χ0) is 17.4. The summed E-state index contributed by atoms with van der Waals surface area (Å²) in [6.45, 7) is 2.56. The molecule has 1 aromatic heterocycles. The number of amides is 1. The highest BCUT2D eigenvalue weighted by Crippen LogP contribution is 2.32. The molecule has 0 N–H and O–H groups in total.